The molecule has 0 saturated heterocycles. The molecule has 0 N–H and O–H groups in total. The summed E-state index contributed by atoms with van der Waals surface area (Å²) in [5.74, 6) is 1.27. The van der Waals surface area contributed by atoms with Crippen LogP contribution in [-0.4, -0.2) is 20.2 Å². The molecule has 0 aliphatic carbocycles. The number of hydrogen-bond donors (Lipinski definition) is 0. The lowest BCUT2D eigenvalue weighted by Gasteiger charge is -2.10. The van der Waals surface area contributed by atoms with Crippen molar-refractivity contribution < 1.29 is 19.0 Å². The van der Waals surface area contributed by atoms with Crippen LogP contribution in [0.2, 0.25) is 5.02 Å². The second-order valence-electron chi connectivity index (χ2n) is 5.12. The highest BCUT2D eigenvalue weighted by Crippen LogP contribution is 2.35. The van der Waals surface area contributed by atoms with Crippen LogP contribution in [0.4, 0.5) is 0 Å². The molecule has 0 aromatic heterocycles. The van der Waals surface area contributed by atoms with Crippen LogP contribution in [0, 0.1) is 0 Å². The molecule has 0 bridgehead atoms. The molecular weight excluding hydrogens is 328 g/mol. The Hall–Kier alpha value is -2.72. The van der Waals surface area contributed by atoms with Gasteiger partial charge in [0.2, 0.25) is 0 Å². The van der Waals surface area contributed by atoms with Crippen LogP contribution in [0.5, 0.6) is 11.5 Å². The zero-order valence-electron chi connectivity index (χ0n) is 13.2. The van der Waals surface area contributed by atoms with Crippen LogP contribution in [0.1, 0.15) is 11.1 Å². The molecule has 4 nitrogen and oxygen atoms in total. The summed E-state index contributed by atoms with van der Waals surface area (Å²) >= 11 is 5.87. The largest absolute Gasteiger partial charge is 0.497 e. The molecule has 0 atom stereocenters. The summed E-state index contributed by atoms with van der Waals surface area (Å²) in [5.41, 5.74) is 2.02. The third kappa shape index (κ3) is 3.29. The van der Waals surface area contributed by atoms with Crippen molar-refractivity contribution in [3.8, 4) is 11.5 Å². The standard InChI is InChI=1S/C19H15ClO4/c1-22-15-7-8-16(17(11-15)23-2)18-10-13(19(21)24-18)9-12-3-5-14(20)6-4-12/h3-11H,1-2H3/b13-9+. The fraction of sp³-hybridized carbons (Fsp3) is 0.105. The molecule has 122 valence electrons. The minimum atomic E-state index is -0.405. The highest BCUT2D eigenvalue weighted by molar-refractivity contribution is 6.30. The van der Waals surface area contributed by atoms with E-state index in [0.29, 0.717) is 33.4 Å². The van der Waals surface area contributed by atoms with Gasteiger partial charge in [-0.3, -0.25) is 0 Å². The number of benzene rings is 2. The van der Waals surface area contributed by atoms with Gasteiger partial charge in [-0.2, -0.15) is 0 Å². The van der Waals surface area contributed by atoms with Crippen molar-refractivity contribution >= 4 is 29.4 Å². The lowest BCUT2D eigenvalue weighted by atomic mass is 10.1. The fourth-order valence-electron chi connectivity index (χ4n) is 2.36. The van der Waals surface area contributed by atoms with Crippen molar-refractivity contribution in [3.05, 3.63) is 70.3 Å². The fourth-order valence-corrected chi connectivity index (χ4v) is 2.49. The highest BCUT2D eigenvalue weighted by Gasteiger charge is 2.24. The van der Waals surface area contributed by atoms with E-state index in [-0.39, 0.29) is 0 Å². The van der Waals surface area contributed by atoms with Crippen molar-refractivity contribution in [2.24, 2.45) is 0 Å². The molecule has 1 aliphatic rings. The Bertz CT molecular complexity index is 835. The third-order valence-corrected chi connectivity index (χ3v) is 3.84. The summed E-state index contributed by atoms with van der Waals surface area (Å²) in [4.78, 5) is 12.1. The van der Waals surface area contributed by atoms with E-state index in [1.807, 2.05) is 12.1 Å². The highest BCUT2D eigenvalue weighted by atomic mass is 35.5. The number of rotatable bonds is 4. The predicted octanol–water partition coefficient (Wildman–Crippen LogP) is 4.34. The van der Waals surface area contributed by atoms with Gasteiger partial charge in [-0.25, -0.2) is 4.79 Å². The Labute approximate surface area is 144 Å². The van der Waals surface area contributed by atoms with Crippen LogP contribution in [0.3, 0.4) is 0 Å². The summed E-state index contributed by atoms with van der Waals surface area (Å²) in [6.07, 6.45) is 3.45. The number of hydrogen-bond acceptors (Lipinski definition) is 4. The van der Waals surface area contributed by atoms with Gasteiger partial charge < -0.3 is 14.2 Å². The number of cyclic esters (lactones) is 1. The van der Waals surface area contributed by atoms with Crippen LogP contribution < -0.4 is 9.47 Å². The molecule has 3 rings (SSSR count). The smallest absolute Gasteiger partial charge is 0.343 e. The van der Waals surface area contributed by atoms with Crippen molar-refractivity contribution in [2.45, 2.75) is 0 Å². The molecule has 1 aliphatic heterocycles. The molecule has 1 heterocycles. The molecule has 5 heteroatoms. The Morgan fingerprint density at radius 3 is 2.46 bits per heavy atom. The van der Waals surface area contributed by atoms with Crippen LogP contribution in [-0.2, 0) is 9.53 Å². The Balaban J connectivity index is 1.96. The van der Waals surface area contributed by atoms with E-state index in [1.54, 1.807) is 56.7 Å². The average Bonchev–Trinajstić information content (AvgIpc) is 2.96. The lowest BCUT2D eigenvalue weighted by molar-refractivity contribution is -0.130. The van der Waals surface area contributed by atoms with Gasteiger partial charge in [-0.05, 0) is 42.0 Å². The molecule has 0 amide bonds. The molecule has 2 aromatic carbocycles. The molecule has 0 spiro atoms. The van der Waals surface area contributed by atoms with Crippen LogP contribution >= 0.6 is 11.6 Å². The van der Waals surface area contributed by atoms with E-state index in [2.05, 4.69) is 0 Å². The van der Waals surface area contributed by atoms with E-state index in [0.717, 1.165) is 5.56 Å². The molecule has 2 aromatic rings. The van der Waals surface area contributed by atoms with Gasteiger partial charge >= 0.3 is 5.97 Å². The maximum atomic E-state index is 12.1. The average molecular weight is 343 g/mol. The first-order chi connectivity index (χ1) is 11.6. The van der Waals surface area contributed by atoms with Crippen molar-refractivity contribution in [1.29, 1.82) is 0 Å². The Morgan fingerprint density at radius 2 is 1.79 bits per heavy atom. The van der Waals surface area contributed by atoms with Crippen molar-refractivity contribution in [3.63, 3.8) is 0 Å². The van der Waals surface area contributed by atoms with Gasteiger partial charge in [0, 0.05) is 11.1 Å². The van der Waals surface area contributed by atoms with Gasteiger partial charge in [0.1, 0.15) is 17.3 Å². The maximum absolute atomic E-state index is 12.1. The molecule has 24 heavy (non-hydrogen) atoms. The molecule has 0 saturated carbocycles. The molecule has 0 fully saturated rings. The molecule has 0 unspecified atom stereocenters. The van der Waals surface area contributed by atoms with Crippen molar-refractivity contribution in [2.75, 3.05) is 14.2 Å². The van der Waals surface area contributed by atoms with Gasteiger partial charge in [0.15, 0.2) is 0 Å². The van der Waals surface area contributed by atoms with Crippen LogP contribution in [0.15, 0.2) is 54.1 Å². The van der Waals surface area contributed by atoms with Gasteiger partial charge in [-0.1, -0.05) is 23.7 Å². The topological polar surface area (TPSA) is 44.8 Å². The Morgan fingerprint density at radius 1 is 1.04 bits per heavy atom. The molecular formula is C19H15ClO4. The second-order valence-corrected chi connectivity index (χ2v) is 5.55. The first-order valence-corrected chi connectivity index (χ1v) is 7.62. The number of methoxy groups -OCH3 is 2. The minimum Gasteiger partial charge on any atom is -0.497 e. The first-order valence-electron chi connectivity index (χ1n) is 7.24. The quantitative estimate of drug-likeness (QED) is 0.612. The van der Waals surface area contributed by atoms with E-state index < -0.39 is 5.97 Å². The minimum absolute atomic E-state index is 0.405. The number of ether oxygens (including phenoxy) is 3. The number of carbonyl (C=O) groups is 1. The van der Waals surface area contributed by atoms with E-state index >= 15 is 0 Å². The maximum Gasteiger partial charge on any atom is 0.343 e. The van der Waals surface area contributed by atoms with Crippen molar-refractivity contribution in [1.82, 2.24) is 0 Å². The monoisotopic (exact) mass is 342 g/mol. The van der Waals surface area contributed by atoms with Crippen LogP contribution in [0.25, 0.3) is 11.8 Å². The number of esters is 1. The zero-order valence-corrected chi connectivity index (χ0v) is 14.0. The first kappa shape index (κ1) is 16.1. The van der Waals surface area contributed by atoms with E-state index in [9.17, 15) is 4.79 Å². The number of carbonyl (C=O) groups excluding carboxylic acids is 1. The third-order valence-electron chi connectivity index (χ3n) is 3.59. The zero-order chi connectivity index (χ0) is 17.1. The van der Waals surface area contributed by atoms with Gasteiger partial charge in [0.05, 0.1) is 25.4 Å². The van der Waals surface area contributed by atoms with Gasteiger partial charge in [0.25, 0.3) is 0 Å². The lowest BCUT2D eigenvalue weighted by Crippen LogP contribution is -1.98. The number of halogens is 1. The van der Waals surface area contributed by atoms with Gasteiger partial charge in [-0.15, -0.1) is 0 Å². The van der Waals surface area contributed by atoms with E-state index in [4.69, 9.17) is 25.8 Å². The summed E-state index contributed by atoms with van der Waals surface area (Å²) in [5, 5.41) is 0.644. The summed E-state index contributed by atoms with van der Waals surface area (Å²) in [6, 6.07) is 12.5. The molecule has 0 radical (unpaired) electrons. The van der Waals surface area contributed by atoms with E-state index in [1.165, 1.54) is 0 Å². The second kappa shape index (κ2) is 6.81. The summed E-state index contributed by atoms with van der Waals surface area (Å²) in [6.45, 7) is 0. The summed E-state index contributed by atoms with van der Waals surface area (Å²) in [7, 11) is 3.14. The Kier molecular flexibility index (Phi) is 4.58. The normalized spacial score (nSPS) is 15.2. The summed E-state index contributed by atoms with van der Waals surface area (Å²) < 4.78 is 15.9. The predicted molar refractivity (Wildman–Crippen MR) is 93.0 cm³/mol. The SMILES string of the molecule is COc1ccc(C2=C/C(=C\c3ccc(Cl)cc3)C(=O)O2)c(OC)c1.